The minimum Gasteiger partial charge on any atom is -0.283 e. The van der Waals surface area contributed by atoms with Crippen molar-refractivity contribution in [3.63, 3.8) is 0 Å². The lowest BCUT2D eigenvalue weighted by Crippen LogP contribution is -2.18. The number of nitrogens with zero attached hydrogens (tertiary/aromatic N) is 2. The number of imidazole rings is 1. The molecule has 0 radical (unpaired) electrons. The Morgan fingerprint density at radius 2 is 1.94 bits per heavy atom. The molecule has 0 N–H and O–H groups in total. The Kier molecular flexibility index (Phi) is 2.66. The van der Waals surface area contributed by atoms with Gasteiger partial charge in [0, 0.05) is 6.20 Å². The van der Waals surface area contributed by atoms with Crippen LogP contribution in [0.1, 0.15) is 5.56 Å². The van der Waals surface area contributed by atoms with Crippen molar-refractivity contribution >= 4 is 10.1 Å². The van der Waals surface area contributed by atoms with Crippen molar-refractivity contribution in [3.05, 3.63) is 48.5 Å². The molecule has 1 heterocycles. The molecule has 0 aliphatic rings. The Hall–Kier alpha value is -1.82. The van der Waals surface area contributed by atoms with Gasteiger partial charge in [0.25, 0.3) is 0 Å². The predicted molar refractivity (Wildman–Crippen MR) is 57.2 cm³/mol. The average molecular weight is 238 g/mol. The van der Waals surface area contributed by atoms with E-state index in [0.29, 0.717) is 0 Å². The molecule has 0 saturated carbocycles. The minimum absolute atomic E-state index is 0.117. The molecule has 1 aromatic carbocycles. The highest BCUT2D eigenvalue weighted by Gasteiger charge is 2.16. The standard InChI is InChI=1S/C10H10N2O3S/c1-9-2-4-10(5-3-9)16(13,14)15-12-7-6-11-8-12/h2-8H,1H3. The molecule has 2 rings (SSSR count). The second-order valence-electron chi connectivity index (χ2n) is 3.26. The Labute approximate surface area is 93.4 Å². The maximum Gasteiger partial charge on any atom is 0.357 e. The van der Waals surface area contributed by atoms with Gasteiger partial charge in [0.05, 0.1) is 6.20 Å². The Morgan fingerprint density at radius 1 is 1.25 bits per heavy atom. The molecule has 6 heteroatoms. The van der Waals surface area contributed by atoms with Gasteiger partial charge in [-0.1, -0.05) is 17.7 Å². The van der Waals surface area contributed by atoms with Crippen LogP contribution >= 0.6 is 0 Å². The van der Waals surface area contributed by atoms with Crippen LogP contribution in [0.25, 0.3) is 0 Å². The molecule has 16 heavy (non-hydrogen) atoms. The van der Waals surface area contributed by atoms with Gasteiger partial charge in [0.1, 0.15) is 11.2 Å². The highest BCUT2D eigenvalue weighted by Crippen LogP contribution is 2.10. The van der Waals surface area contributed by atoms with Gasteiger partial charge in [-0.05, 0) is 19.1 Å². The predicted octanol–water partition coefficient (Wildman–Crippen LogP) is 1.01. The number of rotatable bonds is 3. The molecular weight excluding hydrogens is 228 g/mol. The quantitative estimate of drug-likeness (QED) is 0.800. The summed E-state index contributed by atoms with van der Waals surface area (Å²) in [5.41, 5.74) is 0.988. The first-order valence-corrected chi connectivity index (χ1v) is 5.98. The molecule has 0 atom stereocenters. The minimum atomic E-state index is -3.78. The van der Waals surface area contributed by atoms with Crippen LogP contribution in [-0.4, -0.2) is 18.1 Å². The van der Waals surface area contributed by atoms with E-state index in [1.165, 1.54) is 30.9 Å². The first-order chi connectivity index (χ1) is 7.58. The van der Waals surface area contributed by atoms with E-state index in [4.69, 9.17) is 4.28 Å². The lowest BCUT2D eigenvalue weighted by atomic mass is 10.2. The topological polar surface area (TPSA) is 61.2 Å². The highest BCUT2D eigenvalue weighted by atomic mass is 32.2. The van der Waals surface area contributed by atoms with Gasteiger partial charge in [0.15, 0.2) is 0 Å². The van der Waals surface area contributed by atoms with Crippen molar-refractivity contribution in [2.45, 2.75) is 11.8 Å². The molecule has 0 saturated heterocycles. The first-order valence-electron chi connectivity index (χ1n) is 4.57. The summed E-state index contributed by atoms with van der Waals surface area (Å²) in [6, 6.07) is 6.43. The maximum atomic E-state index is 11.7. The van der Waals surface area contributed by atoms with Crippen molar-refractivity contribution in [3.8, 4) is 0 Å². The third kappa shape index (κ3) is 2.22. The number of benzene rings is 1. The molecule has 84 valence electrons. The monoisotopic (exact) mass is 238 g/mol. The molecule has 0 bridgehead atoms. The summed E-state index contributed by atoms with van der Waals surface area (Å²) < 4.78 is 29.3. The van der Waals surface area contributed by atoms with Crippen molar-refractivity contribution < 1.29 is 12.7 Å². The van der Waals surface area contributed by atoms with Crippen LogP contribution in [0.3, 0.4) is 0 Å². The van der Waals surface area contributed by atoms with Crippen LogP contribution in [-0.2, 0) is 10.1 Å². The fourth-order valence-electron chi connectivity index (χ4n) is 1.15. The Morgan fingerprint density at radius 3 is 2.50 bits per heavy atom. The lowest BCUT2D eigenvalue weighted by Gasteiger charge is -2.05. The first kappa shape index (κ1) is 10.7. The van der Waals surface area contributed by atoms with Crippen molar-refractivity contribution in [2.24, 2.45) is 0 Å². The van der Waals surface area contributed by atoms with Crippen LogP contribution < -0.4 is 4.28 Å². The van der Waals surface area contributed by atoms with E-state index in [-0.39, 0.29) is 4.90 Å². The Balaban J connectivity index is 2.29. The number of hydrogen-bond acceptors (Lipinski definition) is 4. The smallest absolute Gasteiger partial charge is 0.283 e. The number of aryl methyl sites for hydroxylation is 1. The van der Waals surface area contributed by atoms with Crippen molar-refractivity contribution in [1.82, 2.24) is 9.71 Å². The highest BCUT2D eigenvalue weighted by molar-refractivity contribution is 7.87. The summed E-state index contributed by atoms with van der Waals surface area (Å²) in [4.78, 5) is 3.81. The van der Waals surface area contributed by atoms with E-state index in [0.717, 1.165) is 10.3 Å². The third-order valence-electron chi connectivity index (χ3n) is 1.97. The van der Waals surface area contributed by atoms with Gasteiger partial charge in [-0.15, -0.1) is 0 Å². The summed E-state index contributed by atoms with van der Waals surface area (Å²) in [6.07, 6.45) is 4.11. The molecule has 0 unspecified atom stereocenters. The van der Waals surface area contributed by atoms with E-state index in [2.05, 4.69) is 4.98 Å². The second kappa shape index (κ2) is 3.97. The second-order valence-corrected chi connectivity index (χ2v) is 4.79. The van der Waals surface area contributed by atoms with E-state index >= 15 is 0 Å². The summed E-state index contributed by atoms with van der Waals surface area (Å²) in [7, 11) is -3.78. The summed E-state index contributed by atoms with van der Waals surface area (Å²) >= 11 is 0. The van der Waals surface area contributed by atoms with Crippen molar-refractivity contribution in [1.29, 1.82) is 0 Å². The molecular formula is C10H10N2O3S. The van der Waals surface area contributed by atoms with Gasteiger partial charge in [-0.2, -0.15) is 13.1 Å². The molecule has 2 aromatic rings. The van der Waals surface area contributed by atoms with E-state index in [1.807, 2.05) is 6.92 Å². The molecule has 0 spiro atoms. The van der Waals surface area contributed by atoms with E-state index in [1.54, 1.807) is 12.1 Å². The summed E-state index contributed by atoms with van der Waals surface area (Å²) in [5, 5.41) is 0. The van der Waals surface area contributed by atoms with Gasteiger partial charge in [-0.25, -0.2) is 4.98 Å². The summed E-state index contributed by atoms with van der Waals surface area (Å²) in [5.74, 6) is 0. The molecule has 1 aromatic heterocycles. The fraction of sp³-hybridized carbons (Fsp3) is 0.100. The zero-order chi connectivity index (χ0) is 11.6. The Bertz CT molecular complexity index is 559. The van der Waals surface area contributed by atoms with Gasteiger partial charge in [-0.3, -0.25) is 4.28 Å². The van der Waals surface area contributed by atoms with E-state index < -0.39 is 10.1 Å². The average Bonchev–Trinajstić information content (AvgIpc) is 2.70. The maximum absolute atomic E-state index is 11.7. The zero-order valence-corrected chi connectivity index (χ0v) is 9.39. The molecule has 0 fully saturated rings. The van der Waals surface area contributed by atoms with Crippen LogP contribution in [0.4, 0.5) is 0 Å². The molecule has 0 amide bonds. The normalized spacial score (nSPS) is 11.3. The van der Waals surface area contributed by atoms with Crippen LogP contribution in [0.2, 0.25) is 0 Å². The van der Waals surface area contributed by atoms with Crippen LogP contribution in [0, 0.1) is 6.92 Å². The third-order valence-corrected chi connectivity index (χ3v) is 3.19. The summed E-state index contributed by atoms with van der Waals surface area (Å²) in [6.45, 7) is 1.88. The SMILES string of the molecule is Cc1ccc(S(=O)(=O)On2ccnc2)cc1. The van der Waals surface area contributed by atoms with Crippen LogP contribution in [0.5, 0.6) is 0 Å². The molecule has 0 aliphatic carbocycles. The van der Waals surface area contributed by atoms with Gasteiger partial charge >= 0.3 is 10.1 Å². The van der Waals surface area contributed by atoms with Crippen molar-refractivity contribution in [2.75, 3.05) is 0 Å². The molecule has 0 aliphatic heterocycles. The number of hydrogen-bond donors (Lipinski definition) is 0. The number of aromatic nitrogens is 2. The van der Waals surface area contributed by atoms with Gasteiger partial charge < -0.3 is 0 Å². The lowest BCUT2D eigenvalue weighted by molar-refractivity contribution is 0.278. The van der Waals surface area contributed by atoms with E-state index in [9.17, 15) is 8.42 Å². The largest absolute Gasteiger partial charge is 0.357 e. The molecule has 5 nitrogen and oxygen atoms in total. The zero-order valence-electron chi connectivity index (χ0n) is 8.57. The van der Waals surface area contributed by atoms with Gasteiger partial charge in [0.2, 0.25) is 0 Å². The fourth-order valence-corrected chi connectivity index (χ4v) is 2.02. The van der Waals surface area contributed by atoms with Crippen LogP contribution in [0.15, 0.2) is 47.9 Å².